The SMILES string of the molecule is CCC(=O)[C@H]([Se]c1ccccc1)[C@@H](O)c1ccccc1. The second-order valence-electron chi connectivity index (χ2n) is 4.53. The molecule has 0 fully saturated rings. The molecule has 0 aliphatic carbocycles. The normalized spacial score (nSPS) is 13.7. The van der Waals surface area contributed by atoms with Crippen LogP contribution in [0.1, 0.15) is 25.0 Å². The Kier molecular flexibility index (Phi) is 5.54. The molecule has 0 bridgehead atoms. The number of rotatable bonds is 6. The zero-order valence-corrected chi connectivity index (χ0v) is 13.1. The third kappa shape index (κ3) is 3.80. The van der Waals surface area contributed by atoms with E-state index in [9.17, 15) is 9.90 Å². The third-order valence-corrected chi connectivity index (χ3v) is 5.87. The Hall–Kier alpha value is -1.41. The van der Waals surface area contributed by atoms with Crippen molar-refractivity contribution in [3.8, 4) is 0 Å². The molecule has 0 unspecified atom stereocenters. The van der Waals surface area contributed by atoms with Crippen LogP contribution in [0.15, 0.2) is 60.7 Å². The molecule has 2 atom stereocenters. The molecule has 0 heterocycles. The van der Waals surface area contributed by atoms with Gasteiger partial charge < -0.3 is 0 Å². The summed E-state index contributed by atoms with van der Waals surface area (Å²) in [4.78, 5) is 11.9. The molecular weight excluding hydrogens is 315 g/mol. The molecule has 104 valence electrons. The van der Waals surface area contributed by atoms with Gasteiger partial charge >= 0.3 is 126 Å². The number of ketones is 1. The molecule has 0 aliphatic rings. The number of carbonyl (C=O) groups is 1. The van der Waals surface area contributed by atoms with Crippen molar-refractivity contribution >= 4 is 25.2 Å². The summed E-state index contributed by atoms with van der Waals surface area (Å²) in [6.07, 6.45) is -0.257. The minimum atomic E-state index is -0.719. The molecule has 0 amide bonds. The van der Waals surface area contributed by atoms with Crippen LogP contribution in [0.4, 0.5) is 0 Å². The first-order chi connectivity index (χ1) is 9.72. The Balaban J connectivity index is 2.22. The average Bonchev–Trinajstić information content (AvgIpc) is 2.53. The number of Topliss-reactive ketones (excluding diaryl/α,β-unsaturated/α-hetero) is 1. The van der Waals surface area contributed by atoms with Crippen LogP contribution in [0.25, 0.3) is 0 Å². The van der Waals surface area contributed by atoms with Gasteiger partial charge in [0.05, 0.1) is 0 Å². The van der Waals surface area contributed by atoms with Crippen molar-refractivity contribution in [1.82, 2.24) is 0 Å². The van der Waals surface area contributed by atoms with E-state index in [4.69, 9.17) is 0 Å². The Morgan fingerprint density at radius 3 is 2.15 bits per heavy atom. The Morgan fingerprint density at radius 1 is 1.05 bits per heavy atom. The summed E-state index contributed by atoms with van der Waals surface area (Å²) in [7, 11) is 0. The zero-order valence-electron chi connectivity index (χ0n) is 11.4. The van der Waals surface area contributed by atoms with Crippen molar-refractivity contribution in [3.63, 3.8) is 0 Å². The molecule has 0 saturated carbocycles. The van der Waals surface area contributed by atoms with E-state index in [2.05, 4.69) is 0 Å². The van der Waals surface area contributed by atoms with E-state index in [1.165, 1.54) is 0 Å². The Bertz CT molecular complexity index is 539. The summed E-state index contributed by atoms with van der Waals surface area (Å²) < 4.78 is 1.14. The second kappa shape index (κ2) is 7.39. The summed E-state index contributed by atoms with van der Waals surface area (Å²) in [5.41, 5.74) is 0.817. The second-order valence-corrected chi connectivity index (χ2v) is 7.08. The molecule has 3 heteroatoms. The number of hydrogen-bond donors (Lipinski definition) is 1. The molecule has 0 radical (unpaired) electrons. The predicted molar refractivity (Wildman–Crippen MR) is 82.3 cm³/mol. The van der Waals surface area contributed by atoms with Gasteiger partial charge in [-0.05, 0) is 0 Å². The fourth-order valence-electron chi connectivity index (χ4n) is 1.98. The Morgan fingerprint density at radius 2 is 1.60 bits per heavy atom. The van der Waals surface area contributed by atoms with Gasteiger partial charge in [0.1, 0.15) is 0 Å². The Labute approximate surface area is 126 Å². The van der Waals surface area contributed by atoms with Crippen molar-refractivity contribution in [2.45, 2.75) is 24.3 Å². The van der Waals surface area contributed by atoms with Gasteiger partial charge in [-0.2, -0.15) is 0 Å². The molecule has 2 aromatic rings. The van der Waals surface area contributed by atoms with E-state index in [0.29, 0.717) is 6.42 Å². The monoisotopic (exact) mass is 334 g/mol. The topological polar surface area (TPSA) is 37.3 Å². The van der Waals surface area contributed by atoms with Crippen LogP contribution in [0.2, 0.25) is 4.82 Å². The van der Waals surface area contributed by atoms with Gasteiger partial charge in [-0.25, -0.2) is 0 Å². The van der Waals surface area contributed by atoms with Gasteiger partial charge in [-0.1, -0.05) is 0 Å². The predicted octanol–water partition coefficient (Wildman–Crippen LogP) is 2.52. The van der Waals surface area contributed by atoms with Crippen LogP contribution < -0.4 is 4.46 Å². The molecule has 2 nitrogen and oxygen atoms in total. The number of carbonyl (C=O) groups excluding carboxylic acids is 1. The molecule has 0 aromatic heterocycles. The van der Waals surface area contributed by atoms with Crippen LogP contribution in [0, 0.1) is 0 Å². The molecular formula is C17H18O2Se. The van der Waals surface area contributed by atoms with Crippen molar-refractivity contribution in [3.05, 3.63) is 66.2 Å². The van der Waals surface area contributed by atoms with Gasteiger partial charge in [0.15, 0.2) is 0 Å². The van der Waals surface area contributed by atoms with Crippen molar-refractivity contribution in [1.29, 1.82) is 0 Å². The zero-order chi connectivity index (χ0) is 14.4. The summed E-state index contributed by atoms with van der Waals surface area (Å²) in [6.45, 7) is 1.86. The first-order valence-electron chi connectivity index (χ1n) is 6.69. The van der Waals surface area contributed by atoms with Gasteiger partial charge in [0.2, 0.25) is 0 Å². The third-order valence-electron chi connectivity index (χ3n) is 3.10. The number of benzene rings is 2. The molecule has 2 aromatic carbocycles. The van der Waals surface area contributed by atoms with Crippen molar-refractivity contribution < 1.29 is 9.90 Å². The van der Waals surface area contributed by atoms with E-state index in [0.717, 1.165) is 10.0 Å². The molecule has 2 rings (SSSR count). The fraction of sp³-hybridized carbons (Fsp3) is 0.235. The van der Waals surface area contributed by atoms with Crippen LogP contribution in [0.3, 0.4) is 0 Å². The van der Waals surface area contributed by atoms with Gasteiger partial charge in [-0.3, -0.25) is 0 Å². The molecule has 0 saturated heterocycles. The van der Waals surface area contributed by atoms with Crippen molar-refractivity contribution in [2.24, 2.45) is 0 Å². The van der Waals surface area contributed by atoms with Crippen LogP contribution >= 0.6 is 0 Å². The summed E-state index contributed by atoms with van der Waals surface area (Å²) in [6, 6.07) is 19.4. The number of hydrogen-bond acceptors (Lipinski definition) is 2. The average molecular weight is 333 g/mol. The van der Waals surface area contributed by atoms with E-state index in [-0.39, 0.29) is 25.6 Å². The standard InChI is InChI=1S/C17H18O2Se/c1-2-15(18)17(20-14-11-7-4-8-12-14)16(19)13-9-5-3-6-10-13/h3-12,16-17,19H,2H2,1H3/t16-,17-/m0/s1. The van der Waals surface area contributed by atoms with Crippen molar-refractivity contribution in [2.75, 3.05) is 0 Å². The minimum absolute atomic E-state index is 0.0659. The summed E-state index contributed by atoms with van der Waals surface area (Å²) in [5, 5.41) is 10.5. The van der Waals surface area contributed by atoms with E-state index in [1.807, 2.05) is 67.6 Å². The van der Waals surface area contributed by atoms with E-state index in [1.54, 1.807) is 0 Å². The molecule has 20 heavy (non-hydrogen) atoms. The van der Waals surface area contributed by atoms with E-state index >= 15 is 0 Å². The van der Waals surface area contributed by atoms with E-state index < -0.39 is 6.10 Å². The first kappa shape index (κ1) is 15.0. The summed E-state index contributed by atoms with van der Waals surface area (Å²) in [5.74, 6) is 0.130. The first-order valence-corrected chi connectivity index (χ1v) is 8.54. The van der Waals surface area contributed by atoms with Gasteiger partial charge in [0.25, 0.3) is 0 Å². The maximum absolute atomic E-state index is 12.2. The molecule has 0 spiro atoms. The van der Waals surface area contributed by atoms with Crippen LogP contribution in [-0.2, 0) is 4.79 Å². The van der Waals surface area contributed by atoms with Gasteiger partial charge in [-0.15, -0.1) is 0 Å². The van der Waals surface area contributed by atoms with Crippen LogP contribution in [0.5, 0.6) is 0 Å². The van der Waals surface area contributed by atoms with Crippen LogP contribution in [-0.4, -0.2) is 25.8 Å². The fourth-order valence-corrected chi connectivity index (χ4v) is 4.48. The number of aliphatic hydroxyl groups is 1. The maximum atomic E-state index is 12.2. The molecule has 0 aliphatic heterocycles. The number of aliphatic hydroxyl groups excluding tert-OH is 1. The summed E-state index contributed by atoms with van der Waals surface area (Å²) >= 11 is -0.0659. The molecule has 1 N–H and O–H groups in total. The van der Waals surface area contributed by atoms with Gasteiger partial charge in [0, 0.05) is 0 Å². The quantitative estimate of drug-likeness (QED) is 0.825.